The van der Waals surface area contributed by atoms with Crippen LogP contribution >= 0.6 is 11.6 Å². The highest BCUT2D eigenvalue weighted by molar-refractivity contribution is 7.85. The summed E-state index contributed by atoms with van der Waals surface area (Å²) in [5.41, 5.74) is 0.925. The van der Waals surface area contributed by atoms with Crippen molar-refractivity contribution in [2.24, 2.45) is 4.40 Å². The quantitative estimate of drug-likeness (QED) is 0.532. The average molecular weight is 224 g/mol. The van der Waals surface area contributed by atoms with Gasteiger partial charge in [-0.2, -0.15) is 4.40 Å². The molecule has 0 N–H and O–H groups in total. The Hall–Kier alpha value is 0.110. The molecule has 0 fully saturated rings. The van der Waals surface area contributed by atoms with E-state index in [2.05, 4.69) is 4.40 Å². The lowest BCUT2D eigenvalue weighted by Crippen LogP contribution is -2.20. The number of halogens is 1. The highest BCUT2D eigenvalue weighted by atomic mass is 35.5. The summed E-state index contributed by atoms with van der Waals surface area (Å²) in [7, 11) is -1.13. The summed E-state index contributed by atoms with van der Waals surface area (Å²) < 4.78 is 15.4. The van der Waals surface area contributed by atoms with Gasteiger partial charge in [-0.05, 0) is 40.5 Å². The lowest BCUT2D eigenvalue weighted by Gasteiger charge is -2.13. The molecule has 0 amide bonds. The molecule has 1 unspecified atom stereocenters. The van der Waals surface area contributed by atoms with E-state index in [9.17, 15) is 4.21 Å². The minimum Gasteiger partial charge on any atom is -0.234 e. The Morgan fingerprint density at radius 1 is 1.46 bits per heavy atom. The van der Waals surface area contributed by atoms with Crippen molar-refractivity contribution in [3.05, 3.63) is 0 Å². The molecule has 0 aliphatic carbocycles. The molecule has 0 heterocycles. The highest BCUT2D eigenvalue weighted by Gasteiger charge is 2.18. The van der Waals surface area contributed by atoms with Gasteiger partial charge in [0.1, 0.15) is 11.0 Å². The second kappa shape index (κ2) is 5.76. The van der Waals surface area contributed by atoms with Crippen LogP contribution in [0.3, 0.4) is 0 Å². The van der Waals surface area contributed by atoms with Crippen LogP contribution in [0.15, 0.2) is 4.40 Å². The van der Waals surface area contributed by atoms with E-state index >= 15 is 0 Å². The minimum atomic E-state index is -1.13. The summed E-state index contributed by atoms with van der Waals surface area (Å²) in [5, 5.41) is 0. The molecule has 0 bridgehead atoms. The van der Waals surface area contributed by atoms with Gasteiger partial charge in [-0.25, -0.2) is 4.21 Å². The minimum absolute atomic E-state index is 0.262. The van der Waals surface area contributed by atoms with Gasteiger partial charge < -0.3 is 0 Å². The van der Waals surface area contributed by atoms with Gasteiger partial charge in [0.15, 0.2) is 0 Å². The molecule has 0 aromatic rings. The maximum Gasteiger partial charge on any atom is 0.144 e. The SMILES string of the molecule is CC(CCCCl)=NS(=O)C(C)(C)C. The summed E-state index contributed by atoms with van der Waals surface area (Å²) in [4.78, 5) is 0. The first kappa shape index (κ1) is 13.1. The van der Waals surface area contributed by atoms with Crippen molar-refractivity contribution in [1.29, 1.82) is 0 Å². The maximum absolute atomic E-state index is 11.5. The third kappa shape index (κ3) is 6.22. The second-order valence-electron chi connectivity index (χ2n) is 3.98. The fourth-order valence-electron chi connectivity index (χ4n) is 0.647. The summed E-state index contributed by atoms with van der Waals surface area (Å²) >= 11 is 5.54. The molecular weight excluding hydrogens is 206 g/mol. The molecule has 0 saturated heterocycles. The molecule has 0 saturated carbocycles. The molecule has 0 radical (unpaired) electrons. The molecule has 4 heteroatoms. The molecular formula is C9H18ClNOS. The first-order valence-corrected chi connectivity index (χ1v) is 6.04. The Morgan fingerprint density at radius 2 is 2.00 bits per heavy atom. The average Bonchev–Trinajstić information content (AvgIpc) is 1.99. The first-order chi connectivity index (χ1) is 5.88. The van der Waals surface area contributed by atoms with Crippen LogP contribution < -0.4 is 0 Å². The van der Waals surface area contributed by atoms with Gasteiger partial charge >= 0.3 is 0 Å². The Bertz CT molecular complexity index is 208. The molecule has 0 aliphatic heterocycles. The van der Waals surface area contributed by atoms with Gasteiger partial charge in [-0.15, -0.1) is 11.6 Å². The molecule has 0 aromatic carbocycles. The monoisotopic (exact) mass is 223 g/mol. The summed E-state index contributed by atoms with van der Waals surface area (Å²) in [6.45, 7) is 7.65. The van der Waals surface area contributed by atoms with E-state index in [1.165, 1.54) is 0 Å². The number of nitrogens with zero attached hydrogens (tertiary/aromatic N) is 1. The van der Waals surface area contributed by atoms with Gasteiger partial charge in [0.2, 0.25) is 0 Å². The van der Waals surface area contributed by atoms with E-state index in [-0.39, 0.29) is 4.75 Å². The molecule has 0 rings (SSSR count). The molecule has 0 spiro atoms. The van der Waals surface area contributed by atoms with E-state index in [0.29, 0.717) is 5.88 Å². The number of hydrogen-bond acceptors (Lipinski definition) is 1. The summed E-state index contributed by atoms with van der Waals surface area (Å²) in [6.07, 6.45) is 1.74. The van der Waals surface area contributed by atoms with E-state index in [0.717, 1.165) is 18.6 Å². The van der Waals surface area contributed by atoms with Gasteiger partial charge in [-0.1, -0.05) is 0 Å². The van der Waals surface area contributed by atoms with Crippen LogP contribution in [0.25, 0.3) is 0 Å². The first-order valence-electron chi connectivity index (χ1n) is 4.40. The third-order valence-corrected chi connectivity index (χ3v) is 3.23. The zero-order chi connectivity index (χ0) is 10.5. The lowest BCUT2D eigenvalue weighted by molar-refractivity contribution is 0.650. The van der Waals surface area contributed by atoms with Crippen LogP contribution in [-0.2, 0) is 11.0 Å². The Balaban J connectivity index is 4.15. The lowest BCUT2D eigenvalue weighted by atomic mass is 10.2. The smallest absolute Gasteiger partial charge is 0.144 e. The Labute approximate surface area is 88.4 Å². The molecule has 78 valence electrons. The Morgan fingerprint density at radius 3 is 2.38 bits per heavy atom. The van der Waals surface area contributed by atoms with E-state index in [1.807, 2.05) is 27.7 Å². The maximum atomic E-state index is 11.5. The summed E-state index contributed by atoms with van der Waals surface area (Å²) in [6, 6.07) is 0. The second-order valence-corrected chi connectivity index (χ2v) is 6.26. The predicted molar refractivity (Wildman–Crippen MR) is 61.0 cm³/mol. The van der Waals surface area contributed by atoms with E-state index in [4.69, 9.17) is 11.6 Å². The predicted octanol–water partition coefficient (Wildman–Crippen LogP) is 2.93. The molecule has 0 aliphatic rings. The van der Waals surface area contributed by atoms with Crippen molar-refractivity contribution in [2.75, 3.05) is 5.88 Å². The van der Waals surface area contributed by atoms with Gasteiger partial charge in [0.25, 0.3) is 0 Å². The summed E-state index contributed by atoms with van der Waals surface area (Å²) in [5.74, 6) is 0.634. The largest absolute Gasteiger partial charge is 0.234 e. The fraction of sp³-hybridized carbons (Fsp3) is 0.889. The third-order valence-electron chi connectivity index (χ3n) is 1.43. The number of alkyl halides is 1. The standard InChI is InChI=1S/C9H18ClNOS/c1-8(6-5-7-10)11-13(12)9(2,3)4/h5-7H2,1-4H3. The highest BCUT2D eigenvalue weighted by Crippen LogP contribution is 2.13. The van der Waals surface area contributed by atoms with Crippen molar-refractivity contribution in [3.63, 3.8) is 0 Å². The van der Waals surface area contributed by atoms with Gasteiger partial charge in [0, 0.05) is 11.6 Å². The molecule has 13 heavy (non-hydrogen) atoms. The molecule has 0 aromatic heterocycles. The number of hydrogen-bond donors (Lipinski definition) is 0. The van der Waals surface area contributed by atoms with E-state index < -0.39 is 11.0 Å². The van der Waals surface area contributed by atoms with E-state index in [1.54, 1.807) is 0 Å². The molecule has 2 nitrogen and oxygen atoms in total. The van der Waals surface area contributed by atoms with Crippen LogP contribution in [0.2, 0.25) is 0 Å². The Kier molecular flexibility index (Phi) is 5.81. The van der Waals surface area contributed by atoms with Crippen molar-refractivity contribution < 1.29 is 4.21 Å². The van der Waals surface area contributed by atoms with Crippen LogP contribution in [0, 0.1) is 0 Å². The van der Waals surface area contributed by atoms with Crippen molar-refractivity contribution in [3.8, 4) is 0 Å². The zero-order valence-corrected chi connectivity index (χ0v) is 10.3. The van der Waals surface area contributed by atoms with Gasteiger partial charge in [0.05, 0.1) is 4.75 Å². The van der Waals surface area contributed by atoms with Crippen molar-refractivity contribution in [2.45, 2.75) is 45.3 Å². The number of rotatable bonds is 4. The van der Waals surface area contributed by atoms with Crippen LogP contribution in [-0.4, -0.2) is 20.5 Å². The van der Waals surface area contributed by atoms with Crippen LogP contribution in [0.4, 0.5) is 0 Å². The molecule has 1 atom stereocenters. The normalized spacial score (nSPS) is 15.9. The van der Waals surface area contributed by atoms with Crippen molar-refractivity contribution >= 4 is 28.3 Å². The van der Waals surface area contributed by atoms with Gasteiger partial charge in [-0.3, -0.25) is 0 Å². The fourth-order valence-corrected chi connectivity index (χ4v) is 1.43. The van der Waals surface area contributed by atoms with Crippen molar-refractivity contribution in [1.82, 2.24) is 0 Å². The zero-order valence-electron chi connectivity index (χ0n) is 8.76. The van der Waals surface area contributed by atoms with Crippen LogP contribution in [0.5, 0.6) is 0 Å². The van der Waals surface area contributed by atoms with Crippen LogP contribution in [0.1, 0.15) is 40.5 Å². The topological polar surface area (TPSA) is 29.4 Å².